The molecule has 1 heterocycles. The minimum Gasteiger partial charge on any atom is -0.492 e. The van der Waals surface area contributed by atoms with Gasteiger partial charge in [0.25, 0.3) is 0 Å². The lowest BCUT2D eigenvalue weighted by Gasteiger charge is -2.34. The van der Waals surface area contributed by atoms with E-state index in [9.17, 15) is 5.11 Å². The lowest BCUT2D eigenvalue weighted by molar-refractivity contribution is 0.162. The maximum absolute atomic E-state index is 9.28. The molecule has 1 fully saturated rings. The number of para-hydroxylation sites is 2. The number of anilines is 1. The Labute approximate surface area is 125 Å². The molecule has 2 rings (SSSR count). The van der Waals surface area contributed by atoms with Gasteiger partial charge in [-0.25, -0.2) is 0 Å². The molecule has 0 spiro atoms. The second kappa shape index (κ2) is 7.45. The summed E-state index contributed by atoms with van der Waals surface area (Å²) in [5.74, 6) is 1.14. The average molecular weight is 294 g/mol. The monoisotopic (exact) mass is 294 g/mol. The zero-order valence-electron chi connectivity index (χ0n) is 11.8. The van der Waals surface area contributed by atoms with Gasteiger partial charge in [0.15, 0.2) is 5.11 Å². The molecule has 110 valence electrons. The van der Waals surface area contributed by atoms with Crippen molar-refractivity contribution in [2.75, 3.05) is 31.6 Å². The molecule has 1 atom stereocenters. The van der Waals surface area contributed by atoms with Gasteiger partial charge in [0.2, 0.25) is 0 Å². The number of hydrogen-bond acceptors (Lipinski definition) is 3. The molecular formula is C15H22N2O2S. The van der Waals surface area contributed by atoms with Crippen LogP contribution in [0.2, 0.25) is 0 Å². The third kappa shape index (κ3) is 3.84. The van der Waals surface area contributed by atoms with Crippen LogP contribution in [0.3, 0.4) is 0 Å². The number of aliphatic hydroxyl groups excluding tert-OH is 1. The molecule has 0 bridgehead atoms. The normalized spacial score (nSPS) is 18.7. The quantitative estimate of drug-likeness (QED) is 0.835. The first-order chi connectivity index (χ1) is 9.74. The largest absolute Gasteiger partial charge is 0.492 e. The Hall–Kier alpha value is -1.33. The van der Waals surface area contributed by atoms with E-state index in [-0.39, 0.29) is 6.61 Å². The Balaban J connectivity index is 2.00. The van der Waals surface area contributed by atoms with Gasteiger partial charge in [0, 0.05) is 19.7 Å². The molecule has 0 aromatic heterocycles. The number of nitrogens with one attached hydrogen (secondary N) is 1. The molecule has 1 saturated heterocycles. The second-order valence-electron chi connectivity index (χ2n) is 5.00. The van der Waals surface area contributed by atoms with E-state index < -0.39 is 0 Å². The zero-order chi connectivity index (χ0) is 14.4. The van der Waals surface area contributed by atoms with Gasteiger partial charge in [-0.1, -0.05) is 12.1 Å². The molecule has 5 heteroatoms. The lowest BCUT2D eigenvalue weighted by atomic mass is 9.99. The van der Waals surface area contributed by atoms with E-state index in [2.05, 4.69) is 10.2 Å². The van der Waals surface area contributed by atoms with Crippen LogP contribution in [0.1, 0.15) is 19.8 Å². The molecule has 1 aromatic carbocycles. The molecule has 0 saturated carbocycles. The van der Waals surface area contributed by atoms with Crippen molar-refractivity contribution in [2.45, 2.75) is 19.8 Å². The molecule has 1 unspecified atom stereocenters. The number of likely N-dealkylation sites (tertiary alicyclic amines) is 1. The van der Waals surface area contributed by atoms with Gasteiger partial charge < -0.3 is 20.1 Å². The maximum Gasteiger partial charge on any atom is 0.173 e. The zero-order valence-corrected chi connectivity index (χ0v) is 12.7. The highest BCUT2D eigenvalue weighted by Gasteiger charge is 2.21. The van der Waals surface area contributed by atoms with E-state index in [1.165, 1.54) is 0 Å². The van der Waals surface area contributed by atoms with E-state index in [0.717, 1.165) is 37.4 Å². The molecular weight excluding hydrogens is 272 g/mol. The number of thiocarbonyl (C=S) groups is 1. The number of aliphatic hydroxyl groups is 1. The fourth-order valence-corrected chi connectivity index (χ4v) is 2.72. The van der Waals surface area contributed by atoms with E-state index in [0.29, 0.717) is 17.6 Å². The average Bonchev–Trinajstić information content (AvgIpc) is 2.49. The predicted molar refractivity (Wildman–Crippen MR) is 85.2 cm³/mol. The van der Waals surface area contributed by atoms with Crippen molar-refractivity contribution >= 4 is 23.0 Å². The van der Waals surface area contributed by atoms with Crippen LogP contribution >= 0.6 is 12.2 Å². The van der Waals surface area contributed by atoms with Crippen molar-refractivity contribution in [3.63, 3.8) is 0 Å². The molecule has 0 radical (unpaired) electrons. The summed E-state index contributed by atoms with van der Waals surface area (Å²) in [4.78, 5) is 2.13. The smallest absolute Gasteiger partial charge is 0.173 e. The van der Waals surface area contributed by atoms with Gasteiger partial charge in [-0.05, 0) is 50.0 Å². The number of hydrogen-bond donors (Lipinski definition) is 2. The highest BCUT2D eigenvalue weighted by molar-refractivity contribution is 7.80. The standard InChI is InChI=1S/C15H22N2O2S/c1-2-19-14-8-4-3-7-13(14)16-15(20)17-9-5-6-12(10-17)11-18/h3-4,7-8,12,18H,2,5-6,9-11H2,1H3,(H,16,20). The predicted octanol–water partition coefficient (Wildman–Crippen LogP) is 2.49. The van der Waals surface area contributed by atoms with Crippen molar-refractivity contribution in [3.8, 4) is 5.75 Å². The van der Waals surface area contributed by atoms with Gasteiger partial charge in [-0.3, -0.25) is 0 Å². The van der Waals surface area contributed by atoms with Crippen molar-refractivity contribution in [3.05, 3.63) is 24.3 Å². The fraction of sp³-hybridized carbons (Fsp3) is 0.533. The molecule has 0 aliphatic carbocycles. The Morgan fingerprint density at radius 2 is 2.30 bits per heavy atom. The van der Waals surface area contributed by atoms with Gasteiger partial charge >= 0.3 is 0 Å². The van der Waals surface area contributed by atoms with Gasteiger partial charge in [-0.15, -0.1) is 0 Å². The molecule has 4 nitrogen and oxygen atoms in total. The van der Waals surface area contributed by atoms with E-state index in [1.807, 2.05) is 31.2 Å². The number of rotatable bonds is 4. The number of benzene rings is 1. The minimum absolute atomic E-state index is 0.231. The molecule has 2 N–H and O–H groups in total. The van der Waals surface area contributed by atoms with Crippen LogP contribution in [0.15, 0.2) is 24.3 Å². The van der Waals surface area contributed by atoms with E-state index in [1.54, 1.807) is 0 Å². The highest BCUT2D eigenvalue weighted by atomic mass is 32.1. The first-order valence-electron chi connectivity index (χ1n) is 7.13. The molecule has 1 aliphatic heterocycles. The topological polar surface area (TPSA) is 44.7 Å². The summed E-state index contributed by atoms with van der Waals surface area (Å²) in [6.45, 7) is 4.58. The summed E-state index contributed by atoms with van der Waals surface area (Å²) in [6.07, 6.45) is 2.14. The van der Waals surface area contributed by atoms with Crippen LogP contribution < -0.4 is 10.1 Å². The Bertz CT molecular complexity index is 453. The third-order valence-corrected chi connectivity index (χ3v) is 3.85. The molecule has 20 heavy (non-hydrogen) atoms. The fourth-order valence-electron chi connectivity index (χ4n) is 2.44. The minimum atomic E-state index is 0.231. The Kier molecular flexibility index (Phi) is 5.61. The lowest BCUT2D eigenvalue weighted by Crippen LogP contribution is -2.43. The number of nitrogens with zero attached hydrogens (tertiary/aromatic N) is 1. The molecule has 1 aliphatic rings. The van der Waals surface area contributed by atoms with E-state index in [4.69, 9.17) is 17.0 Å². The van der Waals surface area contributed by atoms with E-state index >= 15 is 0 Å². The van der Waals surface area contributed by atoms with Crippen LogP contribution in [0.4, 0.5) is 5.69 Å². The summed E-state index contributed by atoms with van der Waals surface area (Å²) >= 11 is 5.48. The summed E-state index contributed by atoms with van der Waals surface area (Å²) in [5, 5.41) is 13.2. The Morgan fingerprint density at radius 1 is 1.50 bits per heavy atom. The van der Waals surface area contributed by atoms with Crippen molar-refractivity contribution in [2.24, 2.45) is 5.92 Å². The van der Waals surface area contributed by atoms with Crippen LogP contribution in [0, 0.1) is 5.92 Å². The summed E-state index contributed by atoms with van der Waals surface area (Å²) in [7, 11) is 0. The van der Waals surface area contributed by atoms with Crippen molar-refractivity contribution in [1.82, 2.24) is 4.90 Å². The summed E-state index contributed by atoms with van der Waals surface area (Å²) in [6, 6.07) is 7.80. The van der Waals surface area contributed by atoms with Crippen molar-refractivity contribution < 1.29 is 9.84 Å². The Morgan fingerprint density at radius 3 is 3.05 bits per heavy atom. The van der Waals surface area contributed by atoms with Crippen LogP contribution in [-0.4, -0.2) is 41.4 Å². The number of piperidine rings is 1. The highest BCUT2D eigenvalue weighted by Crippen LogP contribution is 2.25. The SMILES string of the molecule is CCOc1ccccc1NC(=S)N1CCCC(CO)C1. The summed E-state index contributed by atoms with van der Waals surface area (Å²) < 4.78 is 5.59. The maximum atomic E-state index is 9.28. The molecule has 1 aromatic rings. The first kappa shape index (κ1) is 15.1. The first-order valence-corrected chi connectivity index (χ1v) is 7.54. The van der Waals surface area contributed by atoms with Gasteiger partial charge in [0.05, 0.1) is 12.3 Å². The van der Waals surface area contributed by atoms with Crippen molar-refractivity contribution in [1.29, 1.82) is 0 Å². The van der Waals surface area contributed by atoms with Gasteiger partial charge in [0.1, 0.15) is 5.75 Å². The summed E-state index contributed by atoms with van der Waals surface area (Å²) in [5.41, 5.74) is 0.894. The van der Waals surface area contributed by atoms with Gasteiger partial charge in [-0.2, -0.15) is 0 Å². The molecule has 0 amide bonds. The second-order valence-corrected chi connectivity index (χ2v) is 5.38. The van der Waals surface area contributed by atoms with Crippen LogP contribution in [0.5, 0.6) is 5.75 Å². The van der Waals surface area contributed by atoms with Crippen LogP contribution in [-0.2, 0) is 0 Å². The van der Waals surface area contributed by atoms with Crippen LogP contribution in [0.25, 0.3) is 0 Å². The number of ether oxygens (including phenoxy) is 1. The third-order valence-electron chi connectivity index (χ3n) is 3.49.